The van der Waals surface area contributed by atoms with Crippen LogP contribution in [0.2, 0.25) is 0 Å². The lowest BCUT2D eigenvalue weighted by molar-refractivity contribution is -0.00257. The Labute approximate surface area is 171 Å². The van der Waals surface area contributed by atoms with Gasteiger partial charge in [0, 0.05) is 42.0 Å². The summed E-state index contributed by atoms with van der Waals surface area (Å²) in [6.45, 7) is 3.76. The number of hydrogen-bond acceptors (Lipinski definition) is 3. The van der Waals surface area contributed by atoms with Crippen LogP contribution in [0, 0.1) is 5.92 Å². The van der Waals surface area contributed by atoms with Gasteiger partial charge in [0.1, 0.15) is 0 Å². The number of carbonyl (C=O) groups is 1. The number of aliphatic hydroxyl groups is 1. The van der Waals surface area contributed by atoms with E-state index in [1.54, 1.807) is 0 Å². The highest BCUT2D eigenvalue weighted by Gasteiger charge is 2.31. The number of rotatable bonds is 4. The van der Waals surface area contributed by atoms with Crippen LogP contribution in [0.5, 0.6) is 0 Å². The first-order valence-corrected chi connectivity index (χ1v) is 10.4. The standard InChI is InChI=1S/C24H29N3O2/c1-24(2,29)18-8-10-19(11-9-18)26-23(28)17-6-4-16(5-7-17)22-20-13-15-27(3)21(20)12-14-25-22/h4-7,12-15,18-19,29H,8-11H2,1-3H3,(H,26,28)/t18-,19-. The van der Waals surface area contributed by atoms with Crippen molar-refractivity contribution in [3.05, 3.63) is 54.4 Å². The molecule has 2 aromatic heterocycles. The molecule has 1 aliphatic carbocycles. The Morgan fingerprint density at radius 3 is 2.45 bits per heavy atom. The van der Waals surface area contributed by atoms with E-state index >= 15 is 0 Å². The van der Waals surface area contributed by atoms with Crippen LogP contribution in [0.25, 0.3) is 22.2 Å². The molecule has 5 nitrogen and oxygen atoms in total. The van der Waals surface area contributed by atoms with E-state index in [1.165, 1.54) is 0 Å². The summed E-state index contributed by atoms with van der Waals surface area (Å²) in [6, 6.07) is 11.9. The van der Waals surface area contributed by atoms with E-state index in [-0.39, 0.29) is 11.9 Å². The molecule has 1 aliphatic rings. The summed E-state index contributed by atoms with van der Waals surface area (Å²) in [6.07, 6.45) is 7.57. The zero-order valence-corrected chi connectivity index (χ0v) is 17.4. The predicted octanol–water partition coefficient (Wildman–Crippen LogP) is 4.30. The third-order valence-corrected chi connectivity index (χ3v) is 6.29. The van der Waals surface area contributed by atoms with Gasteiger partial charge in [-0.2, -0.15) is 0 Å². The average molecular weight is 392 g/mol. The van der Waals surface area contributed by atoms with Crippen molar-refractivity contribution in [1.82, 2.24) is 14.9 Å². The molecule has 1 fully saturated rings. The van der Waals surface area contributed by atoms with Gasteiger partial charge in [0.05, 0.1) is 16.8 Å². The van der Waals surface area contributed by atoms with Crippen molar-refractivity contribution >= 4 is 16.8 Å². The fourth-order valence-electron chi connectivity index (χ4n) is 4.42. The summed E-state index contributed by atoms with van der Waals surface area (Å²) in [7, 11) is 2.02. The normalized spacial score (nSPS) is 20.0. The second-order valence-electron chi connectivity index (χ2n) is 8.77. The monoisotopic (exact) mass is 391 g/mol. The Morgan fingerprint density at radius 2 is 1.79 bits per heavy atom. The molecule has 5 heteroatoms. The summed E-state index contributed by atoms with van der Waals surface area (Å²) in [5.74, 6) is 0.275. The van der Waals surface area contributed by atoms with Crippen LogP contribution in [0.4, 0.5) is 0 Å². The Balaban J connectivity index is 1.43. The van der Waals surface area contributed by atoms with E-state index in [0.29, 0.717) is 11.5 Å². The van der Waals surface area contributed by atoms with Crippen LogP contribution in [0.3, 0.4) is 0 Å². The van der Waals surface area contributed by atoms with Crippen LogP contribution in [0.1, 0.15) is 49.9 Å². The van der Waals surface area contributed by atoms with Crippen molar-refractivity contribution in [2.75, 3.05) is 0 Å². The number of carbonyl (C=O) groups excluding carboxylic acids is 1. The number of amides is 1. The van der Waals surface area contributed by atoms with Crippen molar-refractivity contribution < 1.29 is 9.90 Å². The molecule has 0 atom stereocenters. The van der Waals surface area contributed by atoms with E-state index in [2.05, 4.69) is 20.9 Å². The lowest BCUT2D eigenvalue weighted by Gasteiger charge is -2.36. The minimum Gasteiger partial charge on any atom is -0.390 e. The molecule has 2 heterocycles. The van der Waals surface area contributed by atoms with E-state index in [1.807, 2.05) is 63.6 Å². The lowest BCUT2D eigenvalue weighted by atomic mass is 9.77. The molecule has 0 saturated heterocycles. The van der Waals surface area contributed by atoms with Crippen molar-refractivity contribution in [3.8, 4) is 11.3 Å². The van der Waals surface area contributed by atoms with Crippen molar-refractivity contribution in [2.45, 2.75) is 51.2 Å². The SMILES string of the molecule is Cn1ccc2c(-c3ccc(C(=O)N[C@H]4CC[C@H](C(C)(C)O)CC4)cc3)nccc21. The molecule has 4 rings (SSSR count). The topological polar surface area (TPSA) is 67.2 Å². The smallest absolute Gasteiger partial charge is 0.251 e. The molecule has 0 radical (unpaired) electrons. The third-order valence-electron chi connectivity index (χ3n) is 6.29. The predicted molar refractivity (Wildman–Crippen MR) is 116 cm³/mol. The van der Waals surface area contributed by atoms with Crippen LogP contribution in [0.15, 0.2) is 48.8 Å². The number of fused-ring (bicyclic) bond motifs is 1. The maximum absolute atomic E-state index is 12.7. The van der Waals surface area contributed by atoms with Crippen molar-refractivity contribution in [3.63, 3.8) is 0 Å². The van der Waals surface area contributed by atoms with Crippen molar-refractivity contribution in [1.29, 1.82) is 0 Å². The average Bonchev–Trinajstić information content (AvgIpc) is 3.09. The Morgan fingerprint density at radius 1 is 1.10 bits per heavy atom. The molecular weight excluding hydrogens is 362 g/mol. The van der Waals surface area contributed by atoms with Crippen LogP contribution in [-0.2, 0) is 7.05 Å². The zero-order valence-electron chi connectivity index (χ0n) is 17.4. The number of aryl methyl sites for hydroxylation is 1. The van der Waals surface area contributed by atoms with Gasteiger partial charge in [-0.15, -0.1) is 0 Å². The second kappa shape index (κ2) is 7.64. The van der Waals surface area contributed by atoms with Crippen LogP contribution >= 0.6 is 0 Å². The van der Waals surface area contributed by atoms with Crippen LogP contribution in [-0.4, -0.2) is 32.2 Å². The Bertz CT molecular complexity index is 1010. The van der Waals surface area contributed by atoms with Crippen LogP contribution < -0.4 is 5.32 Å². The highest BCUT2D eigenvalue weighted by Crippen LogP contribution is 2.32. The highest BCUT2D eigenvalue weighted by molar-refractivity contribution is 5.96. The molecule has 1 aromatic carbocycles. The Kier molecular flexibility index (Phi) is 5.17. The van der Waals surface area contributed by atoms with E-state index < -0.39 is 5.60 Å². The number of benzene rings is 1. The minimum atomic E-state index is -0.638. The summed E-state index contributed by atoms with van der Waals surface area (Å²) in [5.41, 5.74) is 3.10. The summed E-state index contributed by atoms with van der Waals surface area (Å²) in [4.78, 5) is 17.2. The molecule has 0 spiro atoms. The zero-order chi connectivity index (χ0) is 20.6. The molecule has 3 aromatic rings. The fraction of sp³-hybridized carbons (Fsp3) is 0.417. The summed E-state index contributed by atoms with van der Waals surface area (Å²) in [5, 5.41) is 14.4. The lowest BCUT2D eigenvalue weighted by Crippen LogP contribution is -2.41. The number of aromatic nitrogens is 2. The molecule has 0 bridgehead atoms. The van der Waals surface area contributed by atoms with E-state index in [0.717, 1.165) is 47.8 Å². The number of nitrogens with zero attached hydrogens (tertiary/aromatic N) is 2. The van der Waals surface area contributed by atoms with Gasteiger partial charge in [0.25, 0.3) is 5.91 Å². The van der Waals surface area contributed by atoms with Gasteiger partial charge in [-0.3, -0.25) is 9.78 Å². The molecule has 29 heavy (non-hydrogen) atoms. The molecule has 0 aliphatic heterocycles. The number of nitrogens with one attached hydrogen (secondary N) is 1. The van der Waals surface area contributed by atoms with Gasteiger partial charge < -0.3 is 15.0 Å². The fourth-order valence-corrected chi connectivity index (χ4v) is 4.42. The van der Waals surface area contributed by atoms with Gasteiger partial charge >= 0.3 is 0 Å². The molecule has 0 unspecified atom stereocenters. The van der Waals surface area contributed by atoms with E-state index in [9.17, 15) is 9.90 Å². The molecule has 152 valence electrons. The molecule has 1 amide bonds. The van der Waals surface area contributed by atoms with Gasteiger partial charge in [-0.25, -0.2) is 0 Å². The molecule has 2 N–H and O–H groups in total. The largest absolute Gasteiger partial charge is 0.390 e. The van der Waals surface area contributed by atoms with Gasteiger partial charge in [0.15, 0.2) is 0 Å². The van der Waals surface area contributed by atoms with Gasteiger partial charge in [-0.05, 0) is 69.7 Å². The van der Waals surface area contributed by atoms with Crippen molar-refractivity contribution in [2.24, 2.45) is 13.0 Å². The third kappa shape index (κ3) is 4.06. The van der Waals surface area contributed by atoms with Gasteiger partial charge in [-0.1, -0.05) is 12.1 Å². The maximum atomic E-state index is 12.7. The first-order valence-electron chi connectivity index (χ1n) is 10.4. The van der Waals surface area contributed by atoms with E-state index in [4.69, 9.17) is 0 Å². The quantitative estimate of drug-likeness (QED) is 0.697. The second-order valence-corrected chi connectivity index (χ2v) is 8.77. The molecule has 1 saturated carbocycles. The maximum Gasteiger partial charge on any atom is 0.251 e. The Hall–Kier alpha value is -2.66. The first-order chi connectivity index (χ1) is 13.8. The number of hydrogen-bond donors (Lipinski definition) is 2. The summed E-state index contributed by atoms with van der Waals surface area (Å²) >= 11 is 0. The molecular formula is C24H29N3O2. The first kappa shape index (κ1) is 19.6. The summed E-state index contributed by atoms with van der Waals surface area (Å²) < 4.78 is 2.08. The minimum absolute atomic E-state index is 0.0332. The number of pyridine rings is 1. The van der Waals surface area contributed by atoms with Gasteiger partial charge in [0.2, 0.25) is 0 Å². The highest BCUT2D eigenvalue weighted by atomic mass is 16.3.